The standard InChI is InChI=1S/C38H23N5/c39-24-30(25-40)21-28-11-15-32(16-12-28)34-19-20-37(33-17-13-29(14-18-33)22-31(26-41)27-42)38(23-34)43(35-7-3-1-4-8-35)36-9-5-2-6-10-36/h1-23H. The van der Waals surface area contributed by atoms with Gasteiger partial charge in [-0.2, -0.15) is 21.0 Å². The second-order valence-electron chi connectivity index (χ2n) is 9.55. The van der Waals surface area contributed by atoms with Gasteiger partial charge in [0.1, 0.15) is 35.4 Å². The van der Waals surface area contributed by atoms with Crippen molar-refractivity contribution in [3.05, 3.63) is 150 Å². The molecule has 0 atom stereocenters. The molecule has 0 heterocycles. The van der Waals surface area contributed by atoms with Gasteiger partial charge < -0.3 is 4.90 Å². The van der Waals surface area contributed by atoms with E-state index >= 15 is 0 Å². The van der Waals surface area contributed by atoms with Crippen molar-refractivity contribution in [1.29, 1.82) is 21.0 Å². The summed E-state index contributed by atoms with van der Waals surface area (Å²) in [5, 5.41) is 36.5. The van der Waals surface area contributed by atoms with Crippen LogP contribution in [0.4, 0.5) is 17.1 Å². The van der Waals surface area contributed by atoms with Crippen LogP contribution in [0, 0.1) is 45.3 Å². The normalized spacial score (nSPS) is 9.77. The summed E-state index contributed by atoms with van der Waals surface area (Å²) in [5.74, 6) is 0. The zero-order valence-electron chi connectivity index (χ0n) is 23.0. The first-order valence-electron chi connectivity index (χ1n) is 13.4. The molecule has 5 aromatic rings. The van der Waals surface area contributed by atoms with Gasteiger partial charge in [0, 0.05) is 16.9 Å². The molecule has 0 unspecified atom stereocenters. The predicted molar refractivity (Wildman–Crippen MR) is 170 cm³/mol. The Morgan fingerprint density at radius 3 is 1.33 bits per heavy atom. The molecule has 200 valence electrons. The highest BCUT2D eigenvalue weighted by molar-refractivity contribution is 5.91. The van der Waals surface area contributed by atoms with E-state index in [-0.39, 0.29) is 11.1 Å². The summed E-state index contributed by atoms with van der Waals surface area (Å²) < 4.78 is 0. The Bertz CT molecular complexity index is 1910. The molecule has 0 saturated heterocycles. The van der Waals surface area contributed by atoms with Gasteiger partial charge in [0.25, 0.3) is 0 Å². The fourth-order valence-electron chi connectivity index (χ4n) is 4.76. The number of para-hydroxylation sites is 2. The third-order valence-corrected chi connectivity index (χ3v) is 6.84. The minimum absolute atomic E-state index is 0.0510. The first-order valence-corrected chi connectivity index (χ1v) is 13.4. The molecule has 43 heavy (non-hydrogen) atoms. The molecular weight excluding hydrogens is 526 g/mol. The average molecular weight is 550 g/mol. The van der Waals surface area contributed by atoms with Crippen LogP contribution >= 0.6 is 0 Å². The molecule has 5 nitrogen and oxygen atoms in total. The van der Waals surface area contributed by atoms with Gasteiger partial charge in [0.2, 0.25) is 0 Å². The Morgan fingerprint density at radius 2 is 0.884 bits per heavy atom. The summed E-state index contributed by atoms with van der Waals surface area (Å²) in [6, 6.07) is 49.8. The summed E-state index contributed by atoms with van der Waals surface area (Å²) >= 11 is 0. The monoisotopic (exact) mass is 549 g/mol. The number of anilines is 3. The van der Waals surface area contributed by atoms with Crippen LogP contribution in [-0.2, 0) is 0 Å². The SMILES string of the molecule is N#CC(C#N)=Cc1ccc(-c2ccc(-c3ccc(C=C(C#N)C#N)cc3)c(N(c3ccccc3)c3ccccc3)c2)cc1. The Kier molecular flexibility index (Phi) is 8.52. The van der Waals surface area contributed by atoms with Crippen molar-refractivity contribution < 1.29 is 0 Å². The van der Waals surface area contributed by atoms with Gasteiger partial charge in [0.05, 0.1) is 5.69 Å². The fraction of sp³-hybridized carbons (Fsp3) is 0. The Balaban J connectivity index is 1.67. The summed E-state index contributed by atoms with van der Waals surface area (Å²) in [4.78, 5) is 2.22. The Hall–Kier alpha value is -6.66. The maximum Gasteiger partial charge on any atom is 0.130 e. The van der Waals surface area contributed by atoms with E-state index in [0.717, 1.165) is 50.4 Å². The highest BCUT2D eigenvalue weighted by Gasteiger charge is 2.18. The van der Waals surface area contributed by atoms with Crippen molar-refractivity contribution in [2.75, 3.05) is 4.90 Å². The van der Waals surface area contributed by atoms with Gasteiger partial charge in [0.15, 0.2) is 0 Å². The van der Waals surface area contributed by atoms with E-state index < -0.39 is 0 Å². The average Bonchev–Trinajstić information content (AvgIpc) is 3.08. The second-order valence-corrected chi connectivity index (χ2v) is 9.55. The quantitative estimate of drug-likeness (QED) is 0.188. The Labute approximate surface area is 251 Å². The van der Waals surface area contributed by atoms with Gasteiger partial charge in [-0.1, -0.05) is 97.1 Å². The van der Waals surface area contributed by atoms with Crippen LogP contribution < -0.4 is 4.90 Å². The van der Waals surface area contributed by atoms with E-state index in [4.69, 9.17) is 21.0 Å². The van der Waals surface area contributed by atoms with E-state index in [9.17, 15) is 0 Å². The molecule has 0 aliphatic heterocycles. The summed E-state index contributed by atoms with van der Waals surface area (Å²) in [7, 11) is 0. The first kappa shape index (κ1) is 27.9. The third kappa shape index (κ3) is 6.40. The molecule has 0 radical (unpaired) electrons. The topological polar surface area (TPSA) is 98.4 Å². The molecule has 0 saturated carbocycles. The van der Waals surface area contributed by atoms with Gasteiger partial charge in [-0.15, -0.1) is 0 Å². The van der Waals surface area contributed by atoms with Crippen molar-refractivity contribution in [2.45, 2.75) is 0 Å². The summed E-state index contributed by atoms with van der Waals surface area (Å²) in [5.41, 5.74) is 8.59. The molecule has 0 aliphatic carbocycles. The Morgan fingerprint density at radius 1 is 0.465 bits per heavy atom. The molecule has 0 N–H and O–H groups in total. The van der Waals surface area contributed by atoms with Crippen molar-refractivity contribution in [3.63, 3.8) is 0 Å². The minimum atomic E-state index is 0.0510. The van der Waals surface area contributed by atoms with Gasteiger partial charge in [-0.3, -0.25) is 0 Å². The van der Waals surface area contributed by atoms with Crippen LogP contribution in [0.15, 0.2) is 139 Å². The maximum absolute atomic E-state index is 9.16. The number of rotatable bonds is 7. The maximum atomic E-state index is 9.16. The zero-order valence-corrected chi connectivity index (χ0v) is 23.0. The zero-order chi connectivity index (χ0) is 30.0. The molecule has 0 aromatic heterocycles. The predicted octanol–water partition coefficient (Wildman–Crippen LogP) is 9.35. The minimum Gasteiger partial charge on any atom is -0.310 e. The molecule has 0 fully saturated rings. The van der Waals surface area contributed by atoms with Crippen molar-refractivity contribution >= 4 is 29.2 Å². The summed E-state index contributed by atoms with van der Waals surface area (Å²) in [6.07, 6.45) is 3.14. The van der Waals surface area contributed by atoms with Crippen LogP contribution in [0.3, 0.4) is 0 Å². The lowest BCUT2D eigenvalue weighted by Gasteiger charge is -2.28. The molecule has 0 spiro atoms. The molecule has 0 aliphatic rings. The highest BCUT2D eigenvalue weighted by atomic mass is 15.1. The third-order valence-electron chi connectivity index (χ3n) is 6.84. The first-order chi connectivity index (χ1) is 21.1. The van der Waals surface area contributed by atoms with Crippen LogP contribution in [0.1, 0.15) is 11.1 Å². The molecule has 5 heteroatoms. The lowest BCUT2D eigenvalue weighted by molar-refractivity contribution is 1.28. The number of benzene rings is 5. The molecule has 5 aromatic carbocycles. The van der Waals surface area contributed by atoms with Crippen LogP contribution in [0.5, 0.6) is 0 Å². The lowest BCUT2D eigenvalue weighted by Crippen LogP contribution is -2.11. The van der Waals surface area contributed by atoms with Crippen LogP contribution in [-0.4, -0.2) is 0 Å². The van der Waals surface area contributed by atoms with Crippen molar-refractivity contribution in [2.24, 2.45) is 0 Å². The highest BCUT2D eigenvalue weighted by Crippen LogP contribution is 2.42. The number of nitriles is 4. The fourth-order valence-corrected chi connectivity index (χ4v) is 4.76. The van der Waals surface area contributed by atoms with Gasteiger partial charge in [-0.25, -0.2) is 0 Å². The molecular formula is C38H23N5. The van der Waals surface area contributed by atoms with Crippen molar-refractivity contribution in [3.8, 4) is 46.5 Å². The van der Waals surface area contributed by atoms with Crippen LogP contribution in [0.2, 0.25) is 0 Å². The molecule has 5 rings (SSSR count). The number of allylic oxidation sites excluding steroid dienone is 2. The van der Waals surface area contributed by atoms with E-state index in [2.05, 4.69) is 47.4 Å². The van der Waals surface area contributed by atoms with Gasteiger partial charge >= 0.3 is 0 Å². The van der Waals surface area contributed by atoms with E-state index in [1.165, 1.54) is 0 Å². The number of nitrogens with zero attached hydrogens (tertiary/aromatic N) is 5. The smallest absolute Gasteiger partial charge is 0.130 e. The van der Waals surface area contributed by atoms with E-state index in [1.54, 1.807) is 12.2 Å². The number of hydrogen-bond acceptors (Lipinski definition) is 5. The number of hydrogen-bond donors (Lipinski definition) is 0. The molecule has 0 amide bonds. The van der Waals surface area contributed by atoms with Gasteiger partial charge in [-0.05, 0) is 70.3 Å². The lowest BCUT2D eigenvalue weighted by atomic mass is 9.95. The van der Waals surface area contributed by atoms with Crippen molar-refractivity contribution in [1.82, 2.24) is 0 Å². The largest absolute Gasteiger partial charge is 0.310 e. The van der Waals surface area contributed by atoms with E-state index in [1.807, 2.05) is 109 Å². The van der Waals surface area contributed by atoms with Crippen LogP contribution in [0.25, 0.3) is 34.4 Å². The van der Waals surface area contributed by atoms with E-state index in [0.29, 0.717) is 0 Å². The summed E-state index contributed by atoms with van der Waals surface area (Å²) in [6.45, 7) is 0. The second kappa shape index (κ2) is 13.1. The molecule has 0 bridgehead atoms.